The smallest absolute Gasteiger partial charge is 0.325 e. The largest absolute Gasteiger partial charge is 0.480 e. The van der Waals surface area contributed by atoms with Gasteiger partial charge in [0.05, 0.1) is 0 Å². The van der Waals surface area contributed by atoms with Crippen LogP contribution < -0.4 is 5.56 Å². The average molecular weight is 156 g/mol. The second-order valence-corrected chi connectivity index (χ2v) is 2.26. The summed E-state index contributed by atoms with van der Waals surface area (Å²) in [5, 5.41) is 10.9. The molecule has 0 bridgehead atoms. The van der Waals surface area contributed by atoms with Crippen LogP contribution >= 0.6 is 0 Å². The summed E-state index contributed by atoms with van der Waals surface area (Å²) in [6.45, 7) is 1.38. The molecule has 5 nitrogen and oxygen atoms in total. The van der Waals surface area contributed by atoms with Crippen LogP contribution in [0.15, 0.2) is 10.9 Å². The van der Waals surface area contributed by atoms with Crippen LogP contribution in [0.3, 0.4) is 0 Å². The van der Waals surface area contributed by atoms with Gasteiger partial charge in [-0.15, -0.1) is 0 Å². The molecule has 0 aromatic carbocycles. The number of carbonyl (C=O) groups is 1. The zero-order valence-corrected chi connectivity index (χ0v) is 6.00. The second kappa shape index (κ2) is 2.61. The highest BCUT2D eigenvalue weighted by atomic mass is 16.4. The third kappa shape index (κ3) is 1.70. The maximum absolute atomic E-state index is 10.8. The molecule has 0 spiro atoms. The van der Waals surface area contributed by atoms with Crippen molar-refractivity contribution in [3.8, 4) is 0 Å². The van der Waals surface area contributed by atoms with Gasteiger partial charge in [0.1, 0.15) is 6.54 Å². The Balaban J connectivity index is 2.95. The number of carboxylic acid groups (broad SMARTS) is 1. The Bertz CT molecular complexity index is 323. The van der Waals surface area contributed by atoms with E-state index in [4.69, 9.17) is 5.11 Å². The van der Waals surface area contributed by atoms with E-state index >= 15 is 0 Å². The van der Waals surface area contributed by atoms with Crippen molar-refractivity contribution < 1.29 is 9.90 Å². The van der Waals surface area contributed by atoms with Crippen LogP contribution in [0.5, 0.6) is 0 Å². The Kier molecular flexibility index (Phi) is 1.80. The lowest BCUT2D eigenvalue weighted by Crippen LogP contribution is -2.20. The van der Waals surface area contributed by atoms with Crippen molar-refractivity contribution in [2.45, 2.75) is 13.5 Å². The molecule has 5 heteroatoms. The third-order valence-corrected chi connectivity index (χ3v) is 1.21. The summed E-state index contributed by atoms with van der Waals surface area (Å²) in [7, 11) is 0. The fourth-order valence-electron chi connectivity index (χ4n) is 0.816. The van der Waals surface area contributed by atoms with Crippen LogP contribution in [0.4, 0.5) is 0 Å². The molecule has 0 aliphatic rings. The molecule has 11 heavy (non-hydrogen) atoms. The van der Waals surface area contributed by atoms with Crippen molar-refractivity contribution in [1.82, 2.24) is 9.78 Å². The highest BCUT2D eigenvalue weighted by molar-refractivity contribution is 5.66. The molecule has 0 fully saturated rings. The fraction of sp³-hybridized carbons (Fsp3) is 0.333. The van der Waals surface area contributed by atoms with E-state index in [1.165, 1.54) is 6.07 Å². The van der Waals surface area contributed by atoms with Crippen LogP contribution in [0.1, 0.15) is 5.69 Å². The van der Waals surface area contributed by atoms with Crippen molar-refractivity contribution >= 4 is 5.97 Å². The van der Waals surface area contributed by atoms with Gasteiger partial charge in [-0.3, -0.25) is 14.7 Å². The van der Waals surface area contributed by atoms with Gasteiger partial charge in [-0.2, -0.15) is 0 Å². The van der Waals surface area contributed by atoms with Gasteiger partial charge in [-0.1, -0.05) is 0 Å². The molecule has 1 aromatic rings. The number of aromatic nitrogens is 2. The number of nitrogens with one attached hydrogen (secondary N) is 1. The molecule has 1 aromatic heterocycles. The molecule has 0 radical (unpaired) electrons. The predicted octanol–water partition coefficient (Wildman–Crippen LogP) is -0.431. The average Bonchev–Trinajstić information content (AvgIpc) is 2.09. The highest BCUT2D eigenvalue weighted by Gasteiger charge is 2.02. The number of rotatable bonds is 2. The van der Waals surface area contributed by atoms with E-state index in [1.54, 1.807) is 6.92 Å². The summed E-state index contributed by atoms with van der Waals surface area (Å²) in [5.41, 5.74) is 0.348. The van der Waals surface area contributed by atoms with E-state index in [0.29, 0.717) is 5.69 Å². The fourth-order valence-corrected chi connectivity index (χ4v) is 0.816. The number of aryl methyl sites for hydroxylation is 1. The number of aliphatic carboxylic acids is 1. The van der Waals surface area contributed by atoms with Gasteiger partial charge in [0.2, 0.25) is 0 Å². The quantitative estimate of drug-likeness (QED) is 0.610. The van der Waals surface area contributed by atoms with E-state index in [9.17, 15) is 9.59 Å². The molecular formula is C6H8N2O3. The van der Waals surface area contributed by atoms with E-state index in [0.717, 1.165) is 4.68 Å². The van der Waals surface area contributed by atoms with E-state index in [1.807, 2.05) is 0 Å². The predicted molar refractivity (Wildman–Crippen MR) is 37.4 cm³/mol. The van der Waals surface area contributed by atoms with Crippen molar-refractivity contribution in [2.75, 3.05) is 0 Å². The number of aromatic amines is 1. The summed E-state index contributed by atoms with van der Waals surface area (Å²) in [5.74, 6) is -1.03. The van der Waals surface area contributed by atoms with Crippen LogP contribution in [-0.2, 0) is 11.3 Å². The summed E-state index contributed by atoms with van der Waals surface area (Å²) < 4.78 is 1.04. The van der Waals surface area contributed by atoms with Gasteiger partial charge >= 0.3 is 5.97 Å². The Labute approximate surface area is 62.3 Å². The Morgan fingerprint density at radius 2 is 2.45 bits per heavy atom. The maximum Gasteiger partial charge on any atom is 0.325 e. The van der Waals surface area contributed by atoms with Crippen molar-refractivity contribution in [3.63, 3.8) is 0 Å². The lowest BCUT2D eigenvalue weighted by molar-refractivity contribution is -0.137. The first kappa shape index (κ1) is 7.59. The van der Waals surface area contributed by atoms with Gasteiger partial charge in [0.25, 0.3) is 5.56 Å². The molecule has 2 N–H and O–H groups in total. The number of carboxylic acids is 1. The first-order valence-electron chi connectivity index (χ1n) is 3.08. The van der Waals surface area contributed by atoms with Crippen LogP contribution in [-0.4, -0.2) is 20.9 Å². The Morgan fingerprint density at radius 1 is 1.82 bits per heavy atom. The van der Waals surface area contributed by atoms with Crippen molar-refractivity contribution in [3.05, 3.63) is 22.1 Å². The van der Waals surface area contributed by atoms with Crippen molar-refractivity contribution in [1.29, 1.82) is 0 Å². The zero-order chi connectivity index (χ0) is 8.43. The normalized spacial score (nSPS) is 9.91. The number of nitrogens with zero attached hydrogens (tertiary/aromatic N) is 1. The summed E-state index contributed by atoms with van der Waals surface area (Å²) in [6, 6.07) is 1.35. The summed E-state index contributed by atoms with van der Waals surface area (Å²) in [4.78, 5) is 21.0. The molecule has 0 saturated heterocycles. The van der Waals surface area contributed by atoms with E-state index < -0.39 is 5.97 Å². The molecule has 0 unspecified atom stereocenters. The van der Waals surface area contributed by atoms with Gasteiger partial charge in [-0.05, 0) is 6.92 Å². The molecule has 1 heterocycles. The van der Waals surface area contributed by atoms with Gasteiger partial charge in [0.15, 0.2) is 0 Å². The highest BCUT2D eigenvalue weighted by Crippen LogP contribution is 1.84. The first-order valence-corrected chi connectivity index (χ1v) is 3.08. The minimum absolute atomic E-state index is 0.313. The molecule has 1 rings (SSSR count). The summed E-state index contributed by atoms with van der Waals surface area (Å²) in [6.07, 6.45) is 0. The van der Waals surface area contributed by atoms with Crippen molar-refractivity contribution in [2.24, 2.45) is 0 Å². The van der Waals surface area contributed by atoms with E-state index in [2.05, 4.69) is 5.10 Å². The summed E-state index contributed by atoms with van der Waals surface area (Å²) >= 11 is 0. The maximum atomic E-state index is 10.8. The van der Waals surface area contributed by atoms with Crippen LogP contribution in [0.2, 0.25) is 0 Å². The lowest BCUT2D eigenvalue weighted by atomic mass is 10.5. The third-order valence-electron chi connectivity index (χ3n) is 1.21. The lowest BCUT2D eigenvalue weighted by Gasteiger charge is -1.93. The topological polar surface area (TPSA) is 75.1 Å². The van der Waals surface area contributed by atoms with Crippen LogP contribution in [0, 0.1) is 6.92 Å². The van der Waals surface area contributed by atoms with Gasteiger partial charge < -0.3 is 5.11 Å². The molecular weight excluding hydrogens is 148 g/mol. The monoisotopic (exact) mass is 156 g/mol. The minimum atomic E-state index is -1.03. The van der Waals surface area contributed by atoms with Gasteiger partial charge in [-0.25, -0.2) is 4.68 Å². The molecule has 0 aliphatic carbocycles. The molecule has 0 amide bonds. The number of H-pyrrole nitrogens is 1. The molecule has 0 aliphatic heterocycles. The first-order chi connectivity index (χ1) is 5.09. The van der Waals surface area contributed by atoms with Gasteiger partial charge in [0, 0.05) is 11.8 Å². The molecule has 0 atom stereocenters. The minimum Gasteiger partial charge on any atom is -0.480 e. The number of hydrogen-bond donors (Lipinski definition) is 2. The standard InChI is InChI=1S/C6H8N2O3/c1-4-2-5(9)8(7-4)3-6(10)11/h2,7H,3H2,1H3,(H,10,11). The molecule has 60 valence electrons. The SMILES string of the molecule is Cc1cc(=O)n(CC(=O)O)[nH]1. The zero-order valence-electron chi connectivity index (χ0n) is 6.00. The number of hydrogen-bond acceptors (Lipinski definition) is 2. The Morgan fingerprint density at radius 3 is 2.82 bits per heavy atom. The Hall–Kier alpha value is -1.52. The second-order valence-electron chi connectivity index (χ2n) is 2.26. The van der Waals surface area contributed by atoms with Crippen LogP contribution in [0.25, 0.3) is 0 Å². The van der Waals surface area contributed by atoms with E-state index in [-0.39, 0.29) is 12.1 Å². The molecule has 0 saturated carbocycles.